The number of hydrogen-bond donors (Lipinski definition) is 0. The number of nitrogens with zero attached hydrogens (tertiary/aromatic N) is 3. The molecule has 94 valence electrons. The fourth-order valence-corrected chi connectivity index (χ4v) is 4.86. The third-order valence-corrected chi connectivity index (χ3v) is 6.50. The lowest BCUT2D eigenvalue weighted by molar-refractivity contribution is 0.590. The molecule has 1 aromatic heterocycles. The van der Waals surface area contributed by atoms with E-state index in [0.717, 1.165) is 43.9 Å². The van der Waals surface area contributed by atoms with Crippen molar-refractivity contribution in [2.24, 2.45) is 5.92 Å². The Labute approximate surface area is 105 Å². The van der Waals surface area contributed by atoms with Crippen molar-refractivity contribution in [3.05, 3.63) is 0 Å². The molecule has 0 radical (unpaired) electrons. The van der Waals surface area contributed by atoms with Crippen LogP contribution >= 0.6 is 11.3 Å². The van der Waals surface area contributed by atoms with Crippen molar-refractivity contribution in [2.45, 2.75) is 30.0 Å². The van der Waals surface area contributed by atoms with Gasteiger partial charge in [-0.2, -0.15) is 0 Å². The van der Waals surface area contributed by atoms with Gasteiger partial charge in [0.15, 0.2) is 0 Å². The first-order valence-corrected chi connectivity index (χ1v) is 8.43. The number of hydrogen-bond acceptors (Lipinski definition) is 6. The molecule has 7 heteroatoms. The first-order chi connectivity index (χ1) is 8.15. The molecule has 2 fully saturated rings. The highest BCUT2D eigenvalue weighted by Gasteiger charge is 2.31. The maximum Gasteiger partial charge on any atom is 0.234 e. The molecular weight excluding hydrogens is 258 g/mol. The average molecular weight is 273 g/mol. The van der Waals surface area contributed by atoms with Crippen LogP contribution in [-0.2, 0) is 9.84 Å². The molecule has 1 aliphatic carbocycles. The highest BCUT2D eigenvalue weighted by molar-refractivity contribution is 7.93. The summed E-state index contributed by atoms with van der Waals surface area (Å²) >= 11 is 1.22. The molecule has 0 aromatic carbocycles. The number of anilines is 1. The van der Waals surface area contributed by atoms with Crippen molar-refractivity contribution in [1.29, 1.82) is 0 Å². The van der Waals surface area contributed by atoms with Crippen LogP contribution < -0.4 is 4.90 Å². The average Bonchev–Trinajstić information content (AvgIpc) is 2.85. The van der Waals surface area contributed by atoms with E-state index in [1.807, 2.05) is 0 Å². The Bertz CT molecular complexity index is 501. The van der Waals surface area contributed by atoms with Gasteiger partial charge < -0.3 is 4.90 Å². The van der Waals surface area contributed by atoms with Gasteiger partial charge in [0.05, 0.1) is 5.75 Å². The third-order valence-electron chi connectivity index (χ3n) is 3.19. The summed E-state index contributed by atoms with van der Waals surface area (Å²) in [6, 6.07) is 0. The second-order valence-corrected chi connectivity index (χ2v) is 7.93. The molecule has 1 aromatic rings. The van der Waals surface area contributed by atoms with Gasteiger partial charge in [0.25, 0.3) is 0 Å². The van der Waals surface area contributed by atoms with Crippen molar-refractivity contribution >= 4 is 26.3 Å². The van der Waals surface area contributed by atoms with Gasteiger partial charge in [-0.3, -0.25) is 0 Å². The lowest BCUT2D eigenvalue weighted by Crippen LogP contribution is -2.17. The van der Waals surface area contributed by atoms with Gasteiger partial charge in [-0.15, -0.1) is 10.2 Å². The fourth-order valence-electron chi connectivity index (χ4n) is 2.03. The van der Waals surface area contributed by atoms with Crippen molar-refractivity contribution < 1.29 is 8.42 Å². The predicted octanol–water partition coefficient (Wildman–Crippen LogP) is 1.32. The highest BCUT2D eigenvalue weighted by Crippen LogP contribution is 2.34. The van der Waals surface area contributed by atoms with E-state index in [4.69, 9.17) is 0 Å². The first-order valence-electron chi connectivity index (χ1n) is 5.96. The number of aromatic nitrogens is 2. The minimum atomic E-state index is -3.19. The van der Waals surface area contributed by atoms with E-state index in [-0.39, 0.29) is 10.1 Å². The zero-order valence-corrected chi connectivity index (χ0v) is 11.1. The second-order valence-electron chi connectivity index (χ2n) is 4.77. The summed E-state index contributed by atoms with van der Waals surface area (Å²) in [7, 11) is -3.19. The third kappa shape index (κ3) is 2.44. The van der Waals surface area contributed by atoms with E-state index >= 15 is 0 Å². The molecule has 5 nitrogen and oxygen atoms in total. The largest absolute Gasteiger partial charge is 0.347 e. The smallest absolute Gasteiger partial charge is 0.234 e. The Hall–Kier alpha value is -0.690. The van der Waals surface area contributed by atoms with Gasteiger partial charge in [-0.05, 0) is 31.6 Å². The molecular formula is C10H15N3O2S2. The summed E-state index contributed by atoms with van der Waals surface area (Å²) in [5.74, 6) is 0.612. The summed E-state index contributed by atoms with van der Waals surface area (Å²) in [6.45, 7) is 1.94. The maximum absolute atomic E-state index is 12.0. The van der Waals surface area contributed by atoms with Crippen molar-refractivity contribution in [3.8, 4) is 0 Å². The molecule has 1 aliphatic heterocycles. The Morgan fingerprint density at radius 2 is 1.94 bits per heavy atom. The minimum Gasteiger partial charge on any atom is -0.347 e. The van der Waals surface area contributed by atoms with Crippen LogP contribution in [0.4, 0.5) is 5.13 Å². The highest BCUT2D eigenvalue weighted by atomic mass is 32.2. The maximum atomic E-state index is 12.0. The normalized spacial score (nSPS) is 21.1. The summed E-state index contributed by atoms with van der Waals surface area (Å²) in [6.07, 6.45) is 4.39. The lowest BCUT2D eigenvalue weighted by Gasteiger charge is -2.10. The van der Waals surface area contributed by atoms with Crippen LogP contribution in [-0.4, -0.2) is 37.5 Å². The molecule has 0 amide bonds. The van der Waals surface area contributed by atoms with Crippen LogP contribution in [0, 0.1) is 5.92 Å². The molecule has 2 aliphatic rings. The van der Waals surface area contributed by atoms with E-state index in [9.17, 15) is 8.42 Å². The molecule has 0 bridgehead atoms. The quantitative estimate of drug-likeness (QED) is 0.828. The van der Waals surface area contributed by atoms with Crippen molar-refractivity contribution in [3.63, 3.8) is 0 Å². The monoisotopic (exact) mass is 273 g/mol. The fraction of sp³-hybridized carbons (Fsp3) is 0.800. The van der Waals surface area contributed by atoms with E-state index < -0.39 is 9.84 Å². The van der Waals surface area contributed by atoms with Crippen LogP contribution in [0.5, 0.6) is 0 Å². The van der Waals surface area contributed by atoms with Gasteiger partial charge in [0.1, 0.15) is 0 Å². The summed E-state index contributed by atoms with van der Waals surface area (Å²) in [5.41, 5.74) is 0. The number of sulfone groups is 1. The zero-order valence-electron chi connectivity index (χ0n) is 9.50. The second kappa shape index (κ2) is 4.20. The predicted molar refractivity (Wildman–Crippen MR) is 66.1 cm³/mol. The van der Waals surface area contributed by atoms with Gasteiger partial charge >= 0.3 is 0 Å². The standard InChI is InChI=1S/C10H15N3O2S2/c14-17(15,7-8-3-4-8)10-12-11-9(16-10)13-5-1-2-6-13/h8H,1-7H2. The van der Waals surface area contributed by atoms with E-state index in [1.165, 1.54) is 11.3 Å². The zero-order chi connectivity index (χ0) is 11.9. The number of rotatable bonds is 4. The lowest BCUT2D eigenvalue weighted by atomic mass is 10.4. The van der Waals surface area contributed by atoms with Gasteiger partial charge in [0, 0.05) is 13.1 Å². The van der Waals surface area contributed by atoms with E-state index in [2.05, 4.69) is 15.1 Å². The molecule has 0 spiro atoms. The SMILES string of the molecule is O=S(=O)(CC1CC1)c1nnc(N2CCCC2)s1. The molecule has 0 unspecified atom stereocenters. The molecule has 3 rings (SSSR count). The molecule has 1 saturated carbocycles. The Morgan fingerprint density at radius 1 is 1.24 bits per heavy atom. The summed E-state index contributed by atoms with van der Waals surface area (Å²) in [5, 5.41) is 8.62. The van der Waals surface area contributed by atoms with Crippen molar-refractivity contribution in [1.82, 2.24) is 10.2 Å². The van der Waals surface area contributed by atoms with Crippen LogP contribution in [0.15, 0.2) is 4.34 Å². The Morgan fingerprint density at radius 3 is 2.59 bits per heavy atom. The first kappa shape index (κ1) is 11.4. The Kier molecular flexibility index (Phi) is 2.82. The van der Waals surface area contributed by atoms with Crippen LogP contribution in [0.1, 0.15) is 25.7 Å². The Balaban J connectivity index is 1.78. The van der Waals surface area contributed by atoms with Gasteiger partial charge in [-0.1, -0.05) is 11.3 Å². The molecule has 0 N–H and O–H groups in total. The summed E-state index contributed by atoms with van der Waals surface area (Å²) in [4.78, 5) is 2.12. The van der Waals surface area contributed by atoms with Crippen LogP contribution in [0.25, 0.3) is 0 Å². The van der Waals surface area contributed by atoms with Crippen LogP contribution in [0.3, 0.4) is 0 Å². The molecule has 17 heavy (non-hydrogen) atoms. The van der Waals surface area contributed by atoms with Gasteiger partial charge in [0.2, 0.25) is 19.3 Å². The topological polar surface area (TPSA) is 63.2 Å². The van der Waals surface area contributed by atoms with Crippen LogP contribution in [0.2, 0.25) is 0 Å². The van der Waals surface area contributed by atoms with Crippen molar-refractivity contribution in [2.75, 3.05) is 23.7 Å². The summed E-state index contributed by atoms with van der Waals surface area (Å²) < 4.78 is 24.2. The van der Waals surface area contributed by atoms with E-state index in [1.54, 1.807) is 0 Å². The van der Waals surface area contributed by atoms with Gasteiger partial charge in [-0.25, -0.2) is 8.42 Å². The minimum absolute atomic E-state index is 0.200. The molecule has 0 atom stereocenters. The molecule has 2 heterocycles. The molecule has 1 saturated heterocycles. The van der Waals surface area contributed by atoms with E-state index in [0.29, 0.717) is 5.92 Å².